The summed E-state index contributed by atoms with van der Waals surface area (Å²) in [4.78, 5) is 0. The maximum absolute atomic E-state index is 12.2. The Morgan fingerprint density at radius 2 is 1.88 bits per heavy atom. The van der Waals surface area contributed by atoms with Crippen LogP contribution in [0.25, 0.3) is 0 Å². The molecular weight excluding hydrogens is 238 g/mol. The molecule has 0 saturated heterocycles. The van der Waals surface area contributed by atoms with Gasteiger partial charge in [0.05, 0.1) is 0 Å². The first-order valence-electron chi connectivity index (χ1n) is 6.21. The molecule has 0 aromatic rings. The van der Waals surface area contributed by atoms with Crippen LogP contribution in [0.2, 0.25) is 0 Å². The number of rotatable bonds is 9. The Bertz CT molecular complexity index is 293. The van der Waals surface area contributed by atoms with Crippen molar-refractivity contribution in [2.75, 3.05) is 34.2 Å². The van der Waals surface area contributed by atoms with Gasteiger partial charge >= 0.3 is 0 Å². The fraction of sp³-hybridized carbons (Fsp3) is 1.00. The molecule has 0 fully saturated rings. The van der Waals surface area contributed by atoms with Gasteiger partial charge in [0.25, 0.3) is 10.2 Å². The van der Waals surface area contributed by atoms with Gasteiger partial charge in [-0.3, -0.25) is 0 Å². The van der Waals surface area contributed by atoms with Gasteiger partial charge in [-0.2, -0.15) is 17.0 Å². The van der Waals surface area contributed by atoms with Crippen molar-refractivity contribution in [2.24, 2.45) is 0 Å². The molecule has 0 rings (SSSR count). The number of hydrogen-bond acceptors (Lipinski definition) is 3. The van der Waals surface area contributed by atoms with Gasteiger partial charge in [0.2, 0.25) is 0 Å². The van der Waals surface area contributed by atoms with E-state index in [1.807, 2.05) is 14.0 Å². The van der Waals surface area contributed by atoms with Crippen molar-refractivity contribution in [3.8, 4) is 0 Å². The zero-order valence-corrected chi connectivity index (χ0v) is 12.5. The Hall–Kier alpha value is -0.170. The van der Waals surface area contributed by atoms with E-state index in [1.54, 1.807) is 14.1 Å². The van der Waals surface area contributed by atoms with E-state index in [2.05, 4.69) is 12.2 Å². The first kappa shape index (κ1) is 16.8. The second-order valence-electron chi connectivity index (χ2n) is 4.44. The van der Waals surface area contributed by atoms with Gasteiger partial charge in [-0.25, -0.2) is 0 Å². The van der Waals surface area contributed by atoms with Crippen LogP contribution in [-0.2, 0) is 10.2 Å². The van der Waals surface area contributed by atoms with Crippen LogP contribution in [0, 0.1) is 0 Å². The van der Waals surface area contributed by atoms with Gasteiger partial charge in [0.1, 0.15) is 0 Å². The lowest BCUT2D eigenvalue weighted by atomic mass is 10.2. The quantitative estimate of drug-likeness (QED) is 0.630. The monoisotopic (exact) mass is 265 g/mol. The maximum atomic E-state index is 12.2. The van der Waals surface area contributed by atoms with E-state index >= 15 is 0 Å². The summed E-state index contributed by atoms with van der Waals surface area (Å²) >= 11 is 0. The highest BCUT2D eigenvalue weighted by molar-refractivity contribution is 7.86. The molecule has 0 spiro atoms. The van der Waals surface area contributed by atoms with E-state index in [0.29, 0.717) is 6.54 Å². The number of nitrogens with one attached hydrogen (secondary N) is 1. The van der Waals surface area contributed by atoms with Crippen molar-refractivity contribution < 1.29 is 8.42 Å². The minimum atomic E-state index is -3.30. The van der Waals surface area contributed by atoms with Gasteiger partial charge in [-0.15, -0.1) is 0 Å². The molecule has 6 heteroatoms. The predicted octanol–water partition coefficient (Wildman–Crippen LogP) is 0.893. The van der Waals surface area contributed by atoms with Crippen LogP contribution in [0.5, 0.6) is 0 Å². The summed E-state index contributed by atoms with van der Waals surface area (Å²) in [7, 11) is 1.86. The molecule has 0 aliphatic carbocycles. The molecule has 1 N–H and O–H groups in total. The van der Waals surface area contributed by atoms with Gasteiger partial charge in [0, 0.05) is 26.7 Å². The van der Waals surface area contributed by atoms with E-state index in [-0.39, 0.29) is 6.04 Å². The third-order valence-corrected chi connectivity index (χ3v) is 5.04. The molecule has 0 aliphatic heterocycles. The molecule has 0 aromatic heterocycles. The molecule has 0 aliphatic rings. The average molecular weight is 265 g/mol. The zero-order valence-electron chi connectivity index (χ0n) is 11.7. The molecule has 5 nitrogen and oxygen atoms in total. The van der Waals surface area contributed by atoms with Crippen molar-refractivity contribution in [3.05, 3.63) is 0 Å². The molecule has 1 atom stereocenters. The second kappa shape index (κ2) is 8.02. The summed E-state index contributed by atoms with van der Waals surface area (Å²) in [6, 6.07) is 0.0525. The molecule has 0 aromatic carbocycles. The molecular formula is C11H27N3O2S. The van der Waals surface area contributed by atoms with Gasteiger partial charge in [-0.05, 0) is 33.4 Å². The third-order valence-electron chi connectivity index (χ3n) is 2.98. The van der Waals surface area contributed by atoms with Crippen LogP contribution in [0.15, 0.2) is 0 Å². The highest BCUT2D eigenvalue weighted by atomic mass is 32.2. The SMILES string of the molecule is CCCC(C)N(C)S(=O)(=O)N(C)CCCNC. The van der Waals surface area contributed by atoms with Gasteiger partial charge < -0.3 is 5.32 Å². The van der Waals surface area contributed by atoms with Crippen LogP contribution in [0.4, 0.5) is 0 Å². The van der Waals surface area contributed by atoms with Crippen LogP contribution in [-0.4, -0.2) is 57.3 Å². The fourth-order valence-electron chi connectivity index (χ4n) is 1.64. The van der Waals surface area contributed by atoms with E-state index in [0.717, 1.165) is 25.8 Å². The molecule has 1 unspecified atom stereocenters. The minimum absolute atomic E-state index is 0.0525. The highest BCUT2D eigenvalue weighted by Gasteiger charge is 2.26. The Labute approximate surface area is 106 Å². The smallest absolute Gasteiger partial charge is 0.281 e. The van der Waals surface area contributed by atoms with Gasteiger partial charge in [0.15, 0.2) is 0 Å². The summed E-state index contributed by atoms with van der Waals surface area (Å²) < 4.78 is 27.2. The van der Waals surface area contributed by atoms with E-state index < -0.39 is 10.2 Å². The van der Waals surface area contributed by atoms with Gasteiger partial charge in [-0.1, -0.05) is 13.3 Å². The van der Waals surface area contributed by atoms with Crippen molar-refractivity contribution in [1.82, 2.24) is 13.9 Å². The van der Waals surface area contributed by atoms with E-state index in [9.17, 15) is 8.42 Å². The lowest BCUT2D eigenvalue weighted by molar-refractivity contribution is 0.330. The predicted molar refractivity (Wildman–Crippen MR) is 72.2 cm³/mol. The van der Waals surface area contributed by atoms with E-state index in [4.69, 9.17) is 0 Å². The molecule has 0 heterocycles. The lowest BCUT2D eigenvalue weighted by Gasteiger charge is -2.28. The topological polar surface area (TPSA) is 52.7 Å². The Morgan fingerprint density at radius 3 is 2.35 bits per heavy atom. The average Bonchev–Trinajstić information content (AvgIpc) is 2.28. The van der Waals surface area contributed by atoms with Crippen LogP contribution in [0.3, 0.4) is 0 Å². The van der Waals surface area contributed by atoms with Crippen molar-refractivity contribution in [1.29, 1.82) is 0 Å². The lowest BCUT2D eigenvalue weighted by Crippen LogP contribution is -2.44. The Morgan fingerprint density at radius 1 is 1.29 bits per heavy atom. The maximum Gasteiger partial charge on any atom is 0.281 e. The third kappa shape index (κ3) is 5.33. The molecule has 17 heavy (non-hydrogen) atoms. The van der Waals surface area contributed by atoms with Crippen molar-refractivity contribution >= 4 is 10.2 Å². The normalized spacial score (nSPS) is 14.5. The summed E-state index contributed by atoms with van der Waals surface area (Å²) in [6.45, 7) is 5.39. The number of hydrogen-bond donors (Lipinski definition) is 1. The fourth-order valence-corrected chi connectivity index (χ4v) is 3.00. The molecule has 0 saturated carbocycles. The summed E-state index contributed by atoms with van der Waals surface area (Å²) in [5.74, 6) is 0. The first-order chi connectivity index (χ1) is 7.87. The Kier molecular flexibility index (Phi) is 7.94. The van der Waals surface area contributed by atoms with Crippen LogP contribution in [0.1, 0.15) is 33.1 Å². The van der Waals surface area contributed by atoms with Crippen LogP contribution < -0.4 is 5.32 Å². The number of nitrogens with zero attached hydrogens (tertiary/aromatic N) is 2. The largest absolute Gasteiger partial charge is 0.320 e. The molecule has 0 bridgehead atoms. The zero-order chi connectivity index (χ0) is 13.5. The second-order valence-corrected chi connectivity index (χ2v) is 6.54. The van der Waals surface area contributed by atoms with E-state index in [1.165, 1.54) is 8.61 Å². The molecule has 104 valence electrons. The summed E-state index contributed by atoms with van der Waals surface area (Å²) in [5.41, 5.74) is 0. The summed E-state index contributed by atoms with van der Waals surface area (Å²) in [6.07, 6.45) is 2.70. The molecule has 0 amide bonds. The van der Waals surface area contributed by atoms with Crippen molar-refractivity contribution in [3.63, 3.8) is 0 Å². The minimum Gasteiger partial charge on any atom is -0.320 e. The summed E-state index contributed by atoms with van der Waals surface area (Å²) in [5, 5.41) is 3.01. The first-order valence-corrected chi connectivity index (χ1v) is 7.61. The van der Waals surface area contributed by atoms with Crippen molar-refractivity contribution in [2.45, 2.75) is 39.2 Å². The highest BCUT2D eigenvalue weighted by Crippen LogP contribution is 2.12. The Balaban J connectivity index is 4.43. The van der Waals surface area contributed by atoms with Crippen LogP contribution >= 0.6 is 0 Å². The standard InChI is InChI=1S/C11H27N3O2S/c1-6-8-11(2)14(5)17(15,16)13(4)10-7-9-12-3/h11-12H,6-10H2,1-5H3. The molecule has 0 radical (unpaired) electrons.